The molecule has 1 saturated heterocycles. The minimum atomic E-state index is -0.371. The number of carbonyl (C=O) groups is 2. The minimum absolute atomic E-state index is 0.0402. The van der Waals surface area contributed by atoms with E-state index >= 15 is 0 Å². The van der Waals surface area contributed by atoms with Gasteiger partial charge in [-0.1, -0.05) is 20.3 Å². The summed E-state index contributed by atoms with van der Waals surface area (Å²) in [7, 11) is 1.44. The summed E-state index contributed by atoms with van der Waals surface area (Å²) in [6.45, 7) is 5.88. The van der Waals surface area contributed by atoms with Gasteiger partial charge in [-0.3, -0.25) is 9.59 Å². The summed E-state index contributed by atoms with van der Waals surface area (Å²) in [4.78, 5) is 22.1. The topological polar surface area (TPSA) is 61.8 Å². The highest BCUT2D eigenvalue weighted by Crippen LogP contribution is 2.38. The van der Waals surface area contributed by atoms with E-state index < -0.39 is 0 Å². The van der Waals surface area contributed by atoms with Crippen molar-refractivity contribution in [2.45, 2.75) is 77.4 Å². The molecule has 0 amide bonds. The molecule has 1 heterocycles. The standard InChI is InChI=1S/C10H16O4.C9H16O/c1-12-9(11)8-2-4-10(5-3-8)13-6-7-14-10;1-3-9(2)6-4-8(10)5-7-9/h8H,2-7H2,1H3;3-7H2,1-2H3. The highest BCUT2D eigenvalue weighted by molar-refractivity contribution is 5.79. The number of ether oxygens (including phenoxy) is 3. The van der Waals surface area contributed by atoms with E-state index in [9.17, 15) is 9.59 Å². The molecular weight excluding hydrogens is 308 g/mol. The zero-order chi connectivity index (χ0) is 17.6. The number of Topliss-reactive ketones (excluding diaryl/α,β-unsaturated/α-hetero) is 1. The van der Waals surface area contributed by atoms with Crippen LogP contribution < -0.4 is 0 Å². The second kappa shape index (κ2) is 8.43. The molecule has 0 N–H and O–H groups in total. The molecule has 0 aromatic rings. The Morgan fingerprint density at radius 3 is 2.12 bits per heavy atom. The van der Waals surface area contributed by atoms with Crippen LogP contribution in [0.5, 0.6) is 0 Å². The van der Waals surface area contributed by atoms with Gasteiger partial charge < -0.3 is 14.2 Å². The van der Waals surface area contributed by atoms with Crippen LogP contribution in [0.4, 0.5) is 0 Å². The molecule has 0 unspecified atom stereocenters. The number of methoxy groups -OCH3 is 1. The molecule has 138 valence electrons. The monoisotopic (exact) mass is 340 g/mol. The molecule has 1 aliphatic heterocycles. The van der Waals surface area contributed by atoms with Crippen molar-refractivity contribution in [1.29, 1.82) is 0 Å². The SMILES string of the molecule is CCC1(C)CCC(=O)CC1.COC(=O)C1CCC2(CC1)OCCO2. The van der Waals surface area contributed by atoms with E-state index in [0.717, 1.165) is 51.4 Å². The van der Waals surface area contributed by atoms with Crippen molar-refractivity contribution >= 4 is 11.8 Å². The lowest BCUT2D eigenvalue weighted by Gasteiger charge is -2.34. The molecule has 0 bridgehead atoms. The van der Waals surface area contributed by atoms with Gasteiger partial charge in [-0.25, -0.2) is 0 Å². The van der Waals surface area contributed by atoms with Gasteiger partial charge in [-0.15, -0.1) is 0 Å². The Hall–Kier alpha value is -0.940. The van der Waals surface area contributed by atoms with Gasteiger partial charge in [0.05, 0.1) is 26.2 Å². The zero-order valence-electron chi connectivity index (χ0n) is 15.4. The molecule has 2 aliphatic carbocycles. The lowest BCUT2D eigenvalue weighted by molar-refractivity contribution is -0.187. The van der Waals surface area contributed by atoms with Crippen LogP contribution in [-0.2, 0) is 23.8 Å². The van der Waals surface area contributed by atoms with Crippen molar-refractivity contribution in [2.75, 3.05) is 20.3 Å². The summed E-state index contributed by atoms with van der Waals surface area (Å²) in [5, 5.41) is 0. The third-order valence-corrected chi connectivity index (χ3v) is 5.96. The molecule has 0 atom stereocenters. The van der Waals surface area contributed by atoms with E-state index in [1.165, 1.54) is 13.5 Å². The van der Waals surface area contributed by atoms with Gasteiger partial charge >= 0.3 is 5.97 Å². The summed E-state index contributed by atoms with van der Waals surface area (Å²) in [6, 6.07) is 0. The molecule has 24 heavy (non-hydrogen) atoms. The van der Waals surface area contributed by atoms with E-state index in [2.05, 4.69) is 13.8 Å². The Balaban J connectivity index is 0.000000185. The van der Waals surface area contributed by atoms with E-state index in [4.69, 9.17) is 14.2 Å². The Morgan fingerprint density at radius 2 is 1.67 bits per heavy atom. The highest BCUT2D eigenvalue weighted by Gasteiger charge is 2.42. The van der Waals surface area contributed by atoms with Crippen LogP contribution in [0.1, 0.15) is 71.6 Å². The molecule has 1 spiro atoms. The minimum Gasteiger partial charge on any atom is -0.469 e. The number of hydrogen-bond donors (Lipinski definition) is 0. The summed E-state index contributed by atoms with van der Waals surface area (Å²) in [6.07, 6.45) is 8.35. The van der Waals surface area contributed by atoms with Gasteiger partial charge in [0.15, 0.2) is 5.79 Å². The molecule has 5 nitrogen and oxygen atoms in total. The Kier molecular flexibility index (Phi) is 6.81. The second-order valence-corrected chi connectivity index (χ2v) is 7.61. The first-order chi connectivity index (χ1) is 11.4. The number of carbonyl (C=O) groups excluding carboxylic acids is 2. The summed E-state index contributed by atoms with van der Waals surface area (Å²) < 4.78 is 15.9. The largest absolute Gasteiger partial charge is 0.469 e. The zero-order valence-corrected chi connectivity index (χ0v) is 15.4. The van der Waals surface area contributed by atoms with Gasteiger partial charge in [0.25, 0.3) is 0 Å². The second-order valence-electron chi connectivity index (χ2n) is 7.61. The number of ketones is 1. The lowest BCUT2D eigenvalue weighted by Crippen LogP contribution is -2.37. The molecule has 3 rings (SSSR count). The molecule has 0 radical (unpaired) electrons. The first-order valence-corrected chi connectivity index (χ1v) is 9.29. The molecular formula is C19H32O5. The predicted octanol–water partition coefficient (Wildman–Crippen LogP) is 3.64. The van der Waals surface area contributed by atoms with E-state index in [0.29, 0.717) is 24.4 Å². The van der Waals surface area contributed by atoms with Crippen molar-refractivity contribution < 1.29 is 23.8 Å². The Morgan fingerprint density at radius 1 is 1.12 bits per heavy atom. The van der Waals surface area contributed by atoms with Crippen molar-refractivity contribution in [3.8, 4) is 0 Å². The van der Waals surface area contributed by atoms with Crippen LogP contribution in [0, 0.1) is 11.3 Å². The molecule has 5 heteroatoms. The first-order valence-electron chi connectivity index (χ1n) is 9.29. The first kappa shape index (κ1) is 19.4. The third-order valence-electron chi connectivity index (χ3n) is 5.96. The van der Waals surface area contributed by atoms with Gasteiger partial charge in [-0.2, -0.15) is 0 Å². The predicted molar refractivity (Wildman–Crippen MR) is 90.5 cm³/mol. The number of rotatable bonds is 2. The Bertz CT molecular complexity index is 419. The number of esters is 1. The van der Waals surface area contributed by atoms with Gasteiger partial charge in [0, 0.05) is 25.7 Å². The van der Waals surface area contributed by atoms with Crippen molar-refractivity contribution in [2.24, 2.45) is 11.3 Å². The van der Waals surface area contributed by atoms with Gasteiger partial charge in [0.2, 0.25) is 0 Å². The fourth-order valence-corrected chi connectivity index (χ4v) is 3.73. The average Bonchev–Trinajstić information content (AvgIpc) is 3.06. The van der Waals surface area contributed by atoms with Crippen molar-refractivity contribution in [3.05, 3.63) is 0 Å². The van der Waals surface area contributed by atoms with E-state index in [-0.39, 0.29) is 17.7 Å². The van der Waals surface area contributed by atoms with E-state index in [1.54, 1.807) is 0 Å². The number of hydrogen-bond acceptors (Lipinski definition) is 5. The van der Waals surface area contributed by atoms with Crippen molar-refractivity contribution in [1.82, 2.24) is 0 Å². The fraction of sp³-hybridized carbons (Fsp3) is 0.895. The van der Waals surface area contributed by atoms with Crippen LogP contribution >= 0.6 is 0 Å². The molecule has 0 aromatic carbocycles. The van der Waals surface area contributed by atoms with Crippen LogP contribution in [0.15, 0.2) is 0 Å². The average molecular weight is 340 g/mol. The van der Waals surface area contributed by atoms with E-state index in [1.807, 2.05) is 0 Å². The summed E-state index contributed by atoms with van der Waals surface area (Å²) >= 11 is 0. The molecule has 3 aliphatic rings. The molecule has 3 fully saturated rings. The van der Waals surface area contributed by atoms with Crippen LogP contribution in [-0.4, -0.2) is 37.9 Å². The normalized spacial score (nSPS) is 25.9. The van der Waals surface area contributed by atoms with Crippen molar-refractivity contribution in [3.63, 3.8) is 0 Å². The third kappa shape index (κ3) is 5.03. The Labute approximate surface area is 145 Å². The summed E-state index contributed by atoms with van der Waals surface area (Å²) in [5.41, 5.74) is 0.480. The van der Waals surface area contributed by atoms with Crippen LogP contribution in [0.25, 0.3) is 0 Å². The highest BCUT2D eigenvalue weighted by atomic mass is 16.7. The van der Waals surface area contributed by atoms with Crippen LogP contribution in [0.2, 0.25) is 0 Å². The lowest BCUT2D eigenvalue weighted by atomic mass is 9.74. The maximum atomic E-state index is 11.3. The maximum absolute atomic E-state index is 11.3. The fourth-order valence-electron chi connectivity index (χ4n) is 3.73. The van der Waals surface area contributed by atoms with Crippen LogP contribution in [0.3, 0.4) is 0 Å². The summed E-state index contributed by atoms with van der Waals surface area (Å²) in [5.74, 6) is 0.0343. The molecule has 2 saturated carbocycles. The maximum Gasteiger partial charge on any atom is 0.308 e. The van der Waals surface area contributed by atoms with Gasteiger partial charge in [0.1, 0.15) is 5.78 Å². The van der Waals surface area contributed by atoms with Gasteiger partial charge in [-0.05, 0) is 31.1 Å². The molecule has 0 aromatic heterocycles. The smallest absolute Gasteiger partial charge is 0.308 e. The quantitative estimate of drug-likeness (QED) is 0.718.